The topological polar surface area (TPSA) is 57.8 Å². The zero-order valence-corrected chi connectivity index (χ0v) is 15.2. The smallest absolute Gasteiger partial charge is 0.354 e. The van der Waals surface area contributed by atoms with Crippen LogP contribution in [0.25, 0.3) is 4.85 Å². The van der Waals surface area contributed by atoms with Crippen LogP contribution in [0.1, 0.15) is 40.2 Å². The van der Waals surface area contributed by atoms with Gasteiger partial charge in [-0.2, -0.15) is 0 Å². The quantitative estimate of drug-likeness (QED) is 0.831. The molecule has 26 heavy (non-hydrogen) atoms. The molecule has 1 saturated heterocycles. The molecule has 1 fully saturated rings. The third kappa shape index (κ3) is 3.70. The van der Waals surface area contributed by atoms with Crippen molar-refractivity contribution in [2.24, 2.45) is 5.92 Å². The molecule has 1 aromatic heterocycles. The normalized spacial score (nSPS) is 14.9. The monoisotopic (exact) mass is 349 g/mol. The molecule has 1 N–H and O–H groups in total. The van der Waals surface area contributed by atoms with E-state index in [2.05, 4.69) is 14.7 Å². The molecule has 0 saturated carbocycles. The van der Waals surface area contributed by atoms with Crippen LogP contribution >= 0.6 is 0 Å². The Hall–Kier alpha value is -2.87. The Morgan fingerprint density at radius 2 is 1.96 bits per heavy atom. The average molecular weight is 349 g/mol. The average Bonchev–Trinajstić information content (AvgIpc) is 2.64. The van der Waals surface area contributed by atoms with Crippen molar-refractivity contribution in [2.45, 2.75) is 33.1 Å². The van der Waals surface area contributed by atoms with Gasteiger partial charge in [0.25, 0.3) is 0 Å². The molecule has 5 nitrogen and oxygen atoms in total. The molecule has 3 rings (SSSR count). The van der Waals surface area contributed by atoms with Crippen LogP contribution in [0, 0.1) is 26.3 Å². The van der Waals surface area contributed by atoms with Crippen molar-refractivity contribution < 1.29 is 9.90 Å². The standard InChI is InChI=1S/C21H23N3O2/c1-14-12-15(2)20(21(25)26)23-18(14)13-16-8-10-24(11-9-16)19-7-5-4-6-17(19)22-3/h4-7,12,16H,8-11,13H2,1-2H3,(H,25,26). The van der Waals surface area contributed by atoms with Gasteiger partial charge in [0.1, 0.15) is 0 Å². The SMILES string of the molecule is [C-]#[N+]c1ccccc1N1CCC(Cc2nc(C(=O)O)c(C)cc2C)CC1. The molecule has 0 atom stereocenters. The van der Waals surface area contributed by atoms with E-state index in [0.29, 0.717) is 17.2 Å². The lowest BCUT2D eigenvalue weighted by Crippen LogP contribution is -2.34. The zero-order valence-electron chi connectivity index (χ0n) is 15.2. The molecule has 0 aliphatic carbocycles. The second kappa shape index (κ2) is 7.57. The summed E-state index contributed by atoms with van der Waals surface area (Å²) >= 11 is 0. The summed E-state index contributed by atoms with van der Waals surface area (Å²) in [5.41, 5.74) is 4.55. The minimum Gasteiger partial charge on any atom is -0.477 e. The number of rotatable bonds is 4. The lowest BCUT2D eigenvalue weighted by Gasteiger charge is -2.34. The molecule has 0 spiro atoms. The number of carboxylic acids is 1. The van der Waals surface area contributed by atoms with E-state index in [0.717, 1.165) is 49.3 Å². The predicted molar refractivity (Wildman–Crippen MR) is 102 cm³/mol. The maximum atomic E-state index is 11.3. The number of aromatic carboxylic acids is 1. The number of pyridine rings is 1. The molecule has 1 aliphatic rings. The van der Waals surface area contributed by atoms with E-state index in [1.807, 2.05) is 37.3 Å². The van der Waals surface area contributed by atoms with Crippen LogP contribution in [0.15, 0.2) is 30.3 Å². The van der Waals surface area contributed by atoms with Gasteiger partial charge in [0.2, 0.25) is 5.69 Å². The summed E-state index contributed by atoms with van der Waals surface area (Å²) in [5, 5.41) is 9.30. The number of hydrogen-bond donors (Lipinski definition) is 1. The highest BCUT2D eigenvalue weighted by Crippen LogP contribution is 2.32. The van der Waals surface area contributed by atoms with E-state index in [-0.39, 0.29) is 5.69 Å². The first-order chi connectivity index (χ1) is 12.5. The zero-order chi connectivity index (χ0) is 18.7. The molecule has 0 amide bonds. The van der Waals surface area contributed by atoms with E-state index >= 15 is 0 Å². The van der Waals surface area contributed by atoms with Gasteiger partial charge >= 0.3 is 5.97 Å². The van der Waals surface area contributed by atoms with Crippen molar-refractivity contribution in [3.63, 3.8) is 0 Å². The summed E-state index contributed by atoms with van der Waals surface area (Å²) in [6.07, 6.45) is 2.85. The molecular weight excluding hydrogens is 326 g/mol. The van der Waals surface area contributed by atoms with Crippen molar-refractivity contribution in [3.8, 4) is 0 Å². The third-order valence-electron chi connectivity index (χ3n) is 5.15. The van der Waals surface area contributed by atoms with Crippen LogP contribution in [-0.2, 0) is 6.42 Å². The Balaban J connectivity index is 1.69. The Labute approximate surface area is 154 Å². The number of anilines is 1. The van der Waals surface area contributed by atoms with Crippen molar-refractivity contribution in [3.05, 3.63) is 64.3 Å². The van der Waals surface area contributed by atoms with E-state index in [9.17, 15) is 9.90 Å². The van der Waals surface area contributed by atoms with Crippen molar-refractivity contribution >= 4 is 17.3 Å². The highest BCUT2D eigenvalue weighted by molar-refractivity contribution is 5.87. The second-order valence-electron chi connectivity index (χ2n) is 6.96. The van der Waals surface area contributed by atoms with Gasteiger partial charge < -0.3 is 10.0 Å². The van der Waals surface area contributed by atoms with Crippen molar-refractivity contribution in [1.82, 2.24) is 4.98 Å². The Morgan fingerprint density at radius 3 is 2.62 bits per heavy atom. The lowest BCUT2D eigenvalue weighted by atomic mass is 9.90. The number of nitrogens with zero attached hydrogens (tertiary/aromatic N) is 3. The summed E-state index contributed by atoms with van der Waals surface area (Å²) < 4.78 is 0. The molecule has 134 valence electrons. The van der Waals surface area contributed by atoms with Crippen molar-refractivity contribution in [2.75, 3.05) is 18.0 Å². The molecule has 1 aliphatic heterocycles. The van der Waals surface area contributed by atoms with Gasteiger partial charge in [-0.1, -0.05) is 24.3 Å². The van der Waals surface area contributed by atoms with Crippen LogP contribution in [-0.4, -0.2) is 29.1 Å². The Bertz CT molecular complexity index is 862. The highest BCUT2D eigenvalue weighted by atomic mass is 16.4. The third-order valence-corrected chi connectivity index (χ3v) is 5.15. The van der Waals surface area contributed by atoms with Gasteiger partial charge in [-0.25, -0.2) is 14.6 Å². The highest BCUT2D eigenvalue weighted by Gasteiger charge is 2.23. The fourth-order valence-corrected chi connectivity index (χ4v) is 3.69. The lowest BCUT2D eigenvalue weighted by molar-refractivity contribution is 0.0689. The minimum atomic E-state index is -0.964. The number of piperidine rings is 1. The van der Waals surface area contributed by atoms with Crippen LogP contribution in [0.3, 0.4) is 0 Å². The summed E-state index contributed by atoms with van der Waals surface area (Å²) in [5.74, 6) is -0.476. The van der Waals surface area contributed by atoms with Gasteiger partial charge in [-0.15, -0.1) is 0 Å². The number of para-hydroxylation sites is 2. The first-order valence-electron chi connectivity index (χ1n) is 8.91. The summed E-state index contributed by atoms with van der Waals surface area (Å²) in [4.78, 5) is 21.7. The van der Waals surface area contributed by atoms with E-state index in [1.54, 1.807) is 6.92 Å². The number of hydrogen-bond acceptors (Lipinski definition) is 3. The minimum absolute atomic E-state index is 0.161. The summed E-state index contributed by atoms with van der Waals surface area (Å²) in [6, 6.07) is 9.67. The fraction of sp³-hybridized carbons (Fsp3) is 0.381. The summed E-state index contributed by atoms with van der Waals surface area (Å²) in [6.45, 7) is 12.9. The number of benzene rings is 1. The summed E-state index contributed by atoms with van der Waals surface area (Å²) in [7, 11) is 0. The molecule has 0 radical (unpaired) electrons. The molecule has 2 aromatic rings. The van der Waals surface area contributed by atoms with Gasteiger partial charge in [-0.05, 0) is 56.2 Å². The molecule has 1 aromatic carbocycles. The molecule has 2 heterocycles. The maximum Gasteiger partial charge on any atom is 0.354 e. The van der Waals surface area contributed by atoms with Crippen LogP contribution in [0.4, 0.5) is 11.4 Å². The fourth-order valence-electron chi connectivity index (χ4n) is 3.69. The molecule has 5 heteroatoms. The van der Waals surface area contributed by atoms with E-state index in [4.69, 9.17) is 6.57 Å². The van der Waals surface area contributed by atoms with Gasteiger partial charge in [0.05, 0.1) is 6.57 Å². The Kier molecular flexibility index (Phi) is 5.22. The van der Waals surface area contributed by atoms with Crippen LogP contribution in [0.5, 0.6) is 0 Å². The van der Waals surface area contributed by atoms with Crippen LogP contribution < -0.4 is 4.90 Å². The van der Waals surface area contributed by atoms with Gasteiger partial charge in [0, 0.05) is 24.5 Å². The number of carboxylic acid groups (broad SMARTS) is 1. The number of carbonyl (C=O) groups is 1. The second-order valence-corrected chi connectivity index (χ2v) is 6.96. The number of aromatic nitrogens is 1. The van der Waals surface area contributed by atoms with Crippen LogP contribution in [0.2, 0.25) is 0 Å². The first kappa shape index (κ1) is 17.9. The number of aryl methyl sites for hydroxylation is 2. The van der Waals surface area contributed by atoms with E-state index < -0.39 is 5.97 Å². The predicted octanol–water partition coefficient (Wildman–Crippen LogP) is 4.41. The molecular formula is C21H23N3O2. The first-order valence-corrected chi connectivity index (χ1v) is 8.91. The largest absolute Gasteiger partial charge is 0.477 e. The maximum absolute atomic E-state index is 11.3. The molecule has 0 bridgehead atoms. The van der Waals surface area contributed by atoms with Gasteiger partial charge in [-0.3, -0.25) is 0 Å². The molecule has 0 unspecified atom stereocenters. The van der Waals surface area contributed by atoms with Crippen molar-refractivity contribution in [1.29, 1.82) is 0 Å². The Morgan fingerprint density at radius 1 is 1.27 bits per heavy atom. The van der Waals surface area contributed by atoms with Gasteiger partial charge in [0.15, 0.2) is 5.69 Å². The van der Waals surface area contributed by atoms with E-state index in [1.165, 1.54) is 0 Å².